The maximum Gasteiger partial charge on any atom is 0.408 e. The molecule has 1 aromatic carbocycles. The molecule has 0 bridgehead atoms. The molecular weight excluding hydrogens is 462 g/mol. The van der Waals surface area contributed by atoms with Crippen LogP contribution in [0.15, 0.2) is 30.3 Å². The molecule has 200 valence electrons. The summed E-state index contributed by atoms with van der Waals surface area (Å²) in [4.78, 5) is 54.8. The van der Waals surface area contributed by atoms with Gasteiger partial charge in [-0.1, -0.05) is 51.1 Å². The minimum absolute atomic E-state index is 0.0736. The van der Waals surface area contributed by atoms with Crippen molar-refractivity contribution in [2.24, 2.45) is 5.92 Å². The molecule has 1 aliphatic rings. The highest BCUT2D eigenvalue weighted by Crippen LogP contribution is 2.06. The maximum atomic E-state index is 12.9. The highest BCUT2D eigenvalue weighted by atomic mass is 16.5. The first-order valence-electron chi connectivity index (χ1n) is 12.7. The van der Waals surface area contributed by atoms with Crippen LogP contribution in [-0.2, 0) is 25.7 Å². The summed E-state index contributed by atoms with van der Waals surface area (Å²) < 4.78 is 5.21. The molecule has 0 saturated carbocycles. The number of ketones is 1. The number of Topliss-reactive ketones (excluding diaryl/α,β-unsaturated/α-hetero) is 1. The normalized spacial score (nSPS) is 16.1. The molecule has 1 heterocycles. The Hall–Kier alpha value is -2.98. The number of nitrogens with zero attached hydrogens (tertiary/aromatic N) is 2. The highest BCUT2D eigenvalue weighted by molar-refractivity contribution is 6.38. The number of carbonyl (C=O) groups excluding carboxylic acids is 4. The van der Waals surface area contributed by atoms with E-state index in [0.717, 1.165) is 44.7 Å². The van der Waals surface area contributed by atoms with E-state index in [9.17, 15) is 19.2 Å². The van der Waals surface area contributed by atoms with E-state index in [1.165, 1.54) is 0 Å². The molecule has 1 fully saturated rings. The zero-order chi connectivity index (χ0) is 26.5. The number of alkyl carbamates (subject to hydrolysis) is 1. The van der Waals surface area contributed by atoms with Gasteiger partial charge in [-0.3, -0.25) is 14.4 Å². The minimum Gasteiger partial charge on any atom is -0.445 e. The first-order valence-corrected chi connectivity index (χ1v) is 12.7. The first-order chi connectivity index (χ1) is 17.2. The number of ether oxygens (including phenoxy) is 1. The Morgan fingerprint density at radius 3 is 2.28 bits per heavy atom. The van der Waals surface area contributed by atoms with Crippen molar-refractivity contribution < 1.29 is 23.9 Å². The minimum atomic E-state index is -0.974. The van der Waals surface area contributed by atoms with Crippen LogP contribution in [0.1, 0.15) is 39.2 Å². The van der Waals surface area contributed by atoms with E-state index in [1.54, 1.807) is 20.8 Å². The molecule has 0 unspecified atom stereocenters. The molecule has 10 heteroatoms. The van der Waals surface area contributed by atoms with Gasteiger partial charge in [0, 0.05) is 32.7 Å². The number of benzene rings is 1. The van der Waals surface area contributed by atoms with Gasteiger partial charge in [-0.15, -0.1) is 0 Å². The van der Waals surface area contributed by atoms with Crippen LogP contribution in [0, 0.1) is 5.92 Å². The van der Waals surface area contributed by atoms with Gasteiger partial charge in [0.15, 0.2) is 0 Å². The van der Waals surface area contributed by atoms with Crippen molar-refractivity contribution in [2.45, 2.75) is 52.3 Å². The first kappa shape index (κ1) is 29.3. The van der Waals surface area contributed by atoms with Gasteiger partial charge in [0.25, 0.3) is 5.91 Å². The summed E-state index contributed by atoms with van der Waals surface area (Å²) in [6.07, 6.45) is 0.268. The van der Waals surface area contributed by atoms with Crippen molar-refractivity contribution in [1.82, 2.24) is 25.8 Å². The van der Waals surface area contributed by atoms with Crippen molar-refractivity contribution in [3.8, 4) is 0 Å². The molecule has 2 atom stereocenters. The van der Waals surface area contributed by atoms with Gasteiger partial charge < -0.3 is 30.5 Å². The third kappa shape index (κ3) is 9.94. The average molecular weight is 504 g/mol. The SMILES string of the molecule is CC[C@H](NC(=O)[C@@H](NC(=O)OCc1ccccc1)C(C)C)C(=O)C(=O)NCCCN1CCN(C)CC1. The lowest BCUT2D eigenvalue weighted by molar-refractivity contribution is -0.140. The summed E-state index contributed by atoms with van der Waals surface area (Å²) in [5.41, 5.74) is 0.824. The monoisotopic (exact) mass is 503 g/mol. The molecule has 0 aliphatic carbocycles. The second-order valence-electron chi connectivity index (χ2n) is 9.52. The molecule has 36 heavy (non-hydrogen) atoms. The number of piperazine rings is 1. The molecule has 0 spiro atoms. The maximum absolute atomic E-state index is 12.9. The summed E-state index contributed by atoms with van der Waals surface area (Å²) in [5, 5.41) is 7.86. The number of amides is 3. The molecule has 1 saturated heterocycles. The summed E-state index contributed by atoms with van der Waals surface area (Å²) in [5.74, 6) is -2.20. The van der Waals surface area contributed by atoms with E-state index in [0.29, 0.717) is 6.54 Å². The molecule has 3 amide bonds. The Labute approximate surface area is 214 Å². The topological polar surface area (TPSA) is 120 Å². The van der Waals surface area contributed by atoms with Crippen LogP contribution in [-0.4, -0.2) is 91.9 Å². The van der Waals surface area contributed by atoms with Gasteiger partial charge in [0.1, 0.15) is 12.6 Å². The van der Waals surface area contributed by atoms with Crippen molar-refractivity contribution in [3.05, 3.63) is 35.9 Å². The molecule has 0 radical (unpaired) electrons. The van der Waals surface area contributed by atoms with Gasteiger partial charge in [-0.2, -0.15) is 0 Å². The van der Waals surface area contributed by atoms with Gasteiger partial charge in [-0.25, -0.2) is 4.79 Å². The van der Waals surface area contributed by atoms with Crippen LogP contribution < -0.4 is 16.0 Å². The van der Waals surface area contributed by atoms with E-state index in [1.807, 2.05) is 30.3 Å². The van der Waals surface area contributed by atoms with Gasteiger partial charge >= 0.3 is 6.09 Å². The number of likely N-dealkylation sites (N-methyl/N-ethyl adjacent to an activating group) is 1. The van der Waals surface area contributed by atoms with Crippen LogP contribution in [0.3, 0.4) is 0 Å². The standard InChI is InChI=1S/C26H41N5O5/c1-5-21(23(32)25(34)27-12-9-13-31-16-14-30(4)15-17-31)28-24(33)22(19(2)3)29-26(35)36-18-20-10-7-6-8-11-20/h6-8,10-11,19,21-22H,5,9,12-18H2,1-4H3,(H,27,34)(H,28,33)(H,29,35)/t21-,22-/m0/s1. The third-order valence-corrected chi connectivity index (χ3v) is 6.23. The Balaban J connectivity index is 1.78. The molecule has 10 nitrogen and oxygen atoms in total. The largest absolute Gasteiger partial charge is 0.445 e. The second-order valence-corrected chi connectivity index (χ2v) is 9.52. The molecular formula is C26H41N5O5. The smallest absolute Gasteiger partial charge is 0.408 e. The second kappa shape index (κ2) is 15.2. The molecule has 2 rings (SSSR count). The van der Waals surface area contributed by atoms with E-state index in [-0.39, 0.29) is 18.9 Å². The van der Waals surface area contributed by atoms with Gasteiger partial charge in [-0.05, 0) is 37.9 Å². The summed E-state index contributed by atoms with van der Waals surface area (Å²) >= 11 is 0. The number of hydrogen-bond acceptors (Lipinski definition) is 7. The Bertz CT molecular complexity index is 856. The molecule has 1 aromatic rings. The number of nitrogens with one attached hydrogen (secondary N) is 3. The van der Waals surface area contributed by atoms with E-state index < -0.39 is 35.8 Å². The van der Waals surface area contributed by atoms with Crippen molar-refractivity contribution in [2.75, 3.05) is 46.3 Å². The van der Waals surface area contributed by atoms with Crippen molar-refractivity contribution >= 4 is 23.7 Å². The van der Waals surface area contributed by atoms with E-state index in [2.05, 4.69) is 32.8 Å². The van der Waals surface area contributed by atoms with Crippen LogP contribution in [0.2, 0.25) is 0 Å². The lowest BCUT2D eigenvalue weighted by Crippen LogP contribution is -2.55. The van der Waals surface area contributed by atoms with E-state index >= 15 is 0 Å². The van der Waals surface area contributed by atoms with Crippen LogP contribution in [0.5, 0.6) is 0 Å². The van der Waals surface area contributed by atoms with Gasteiger partial charge in [0.05, 0.1) is 6.04 Å². The van der Waals surface area contributed by atoms with Crippen molar-refractivity contribution in [1.29, 1.82) is 0 Å². The van der Waals surface area contributed by atoms with Gasteiger partial charge in [0.2, 0.25) is 11.7 Å². The summed E-state index contributed by atoms with van der Waals surface area (Å²) in [6.45, 7) is 10.6. The Morgan fingerprint density at radius 1 is 1.00 bits per heavy atom. The molecule has 0 aromatic heterocycles. The highest BCUT2D eigenvalue weighted by Gasteiger charge is 2.30. The average Bonchev–Trinajstić information content (AvgIpc) is 2.87. The fourth-order valence-electron chi connectivity index (χ4n) is 3.86. The number of rotatable bonds is 13. The molecule has 1 aliphatic heterocycles. The quantitative estimate of drug-likeness (QED) is 0.273. The van der Waals surface area contributed by atoms with Crippen molar-refractivity contribution in [3.63, 3.8) is 0 Å². The van der Waals surface area contributed by atoms with Crippen LogP contribution in [0.4, 0.5) is 4.79 Å². The van der Waals surface area contributed by atoms with E-state index in [4.69, 9.17) is 4.74 Å². The Morgan fingerprint density at radius 2 is 1.67 bits per heavy atom. The zero-order valence-corrected chi connectivity index (χ0v) is 21.9. The predicted molar refractivity (Wildman–Crippen MR) is 137 cm³/mol. The van der Waals surface area contributed by atoms with Crippen LogP contribution >= 0.6 is 0 Å². The predicted octanol–water partition coefficient (Wildman–Crippen LogP) is 1.16. The summed E-state index contributed by atoms with van der Waals surface area (Å²) in [6, 6.07) is 7.31. The number of carbonyl (C=O) groups is 4. The Kier molecular flexibility index (Phi) is 12.4. The molecule has 3 N–H and O–H groups in total. The number of hydrogen-bond donors (Lipinski definition) is 3. The third-order valence-electron chi connectivity index (χ3n) is 6.23. The lowest BCUT2D eigenvalue weighted by Gasteiger charge is -2.32. The fourth-order valence-corrected chi connectivity index (χ4v) is 3.86. The lowest BCUT2D eigenvalue weighted by atomic mass is 10.0. The summed E-state index contributed by atoms with van der Waals surface area (Å²) in [7, 11) is 2.10. The zero-order valence-electron chi connectivity index (χ0n) is 21.9. The van der Waals surface area contributed by atoms with Crippen LogP contribution in [0.25, 0.3) is 0 Å². The fraction of sp³-hybridized carbons (Fsp3) is 0.615.